The predicted molar refractivity (Wildman–Crippen MR) is 91.9 cm³/mol. The summed E-state index contributed by atoms with van der Waals surface area (Å²) in [5, 5.41) is 2.80. The van der Waals surface area contributed by atoms with Gasteiger partial charge in [-0.3, -0.25) is 4.79 Å². The monoisotopic (exact) mass is 325 g/mol. The standard InChI is InChI=1S/C18H19N3O3/c1-3-23-14-9-13(10-15(11-14)24-4-2)18(22)20-16-12-21-8-6-5-7-17(21)19-16/h5-12H,3-4H2,1-2H3,(H,20,22). The minimum Gasteiger partial charge on any atom is -0.494 e. The van der Waals surface area contributed by atoms with E-state index in [9.17, 15) is 4.79 Å². The van der Waals surface area contributed by atoms with Crippen molar-refractivity contribution in [2.24, 2.45) is 0 Å². The van der Waals surface area contributed by atoms with Gasteiger partial charge in [-0.15, -0.1) is 0 Å². The number of aromatic nitrogens is 2. The molecule has 3 aromatic rings. The molecule has 0 atom stereocenters. The highest BCUT2D eigenvalue weighted by Gasteiger charge is 2.12. The van der Waals surface area contributed by atoms with E-state index in [1.54, 1.807) is 24.4 Å². The minimum absolute atomic E-state index is 0.263. The number of anilines is 1. The molecule has 0 aliphatic rings. The quantitative estimate of drug-likeness (QED) is 0.754. The highest BCUT2D eigenvalue weighted by atomic mass is 16.5. The number of nitrogens with zero attached hydrogens (tertiary/aromatic N) is 2. The number of ether oxygens (including phenoxy) is 2. The molecule has 0 bridgehead atoms. The molecule has 0 radical (unpaired) electrons. The van der Waals surface area contributed by atoms with Gasteiger partial charge in [0.05, 0.1) is 19.4 Å². The summed E-state index contributed by atoms with van der Waals surface area (Å²) < 4.78 is 12.8. The minimum atomic E-state index is -0.263. The average Bonchev–Trinajstić information content (AvgIpc) is 2.97. The van der Waals surface area contributed by atoms with E-state index in [-0.39, 0.29) is 5.91 Å². The van der Waals surface area contributed by atoms with Crippen LogP contribution < -0.4 is 14.8 Å². The molecule has 3 rings (SSSR count). The second-order valence-electron chi connectivity index (χ2n) is 5.11. The number of hydrogen-bond donors (Lipinski definition) is 1. The van der Waals surface area contributed by atoms with E-state index in [2.05, 4.69) is 10.3 Å². The molecule has 0 unspecified atom stereocenters. The maximum absolute atomic E-state index is 12.5. The third kappa shape index (κ3) is 3.48. The first kappa shape index (κ1) is 15.9. The Kier molecular flexibility index (Phi) is 4.65. The first-order valence-corrected chi connectivity index (χ1v) is 7.85. The molecule has 1 aromatic carbocycles. The molecular formula is C18H19N3O3. The zero-order valence-electron chi connectivity index (χ0n) is 13.7. The number of amides is 1. The van der Waals surface area contributed by atoms with Gasteiger partial charge in [0.25, 0.3) is 5.91 Å². The van der Waals surface area contributed by atoms with Crippen molar-refractivity contribution in [2.45, 2.75) is 13.8 Å². The van der Waals surface area contributed by atoms with Gasteiger partial charge >= 0.3 is 0 Å². The summed E-state index contributed by atoms with van der Waals surface area (Å²) in [4.78, 5) is 16.9. The third-order valence-electron chi connectivity index (χ3n) is 3.37. The van der Waals surface area contributed by atoms with Crippen molar-refractivity contribution in [1.29, 1.82) is 0 Å². The molecule has 0 aliphatic carbocycles. The van der Waals surface area contributed by atoms with Gasteiger partial charge in [0.2, 0.25) is 0 Å². The summed E-state index contributed by atoms with van der Waals surface area (Å²) in [7, 11) is 0. The topological polar surface area (TPSA) is 64.9 Å². The molecule has 0 saturated heterocycles. The molecule has 2 heterocycles. The molecule has 1 N–H and O–H groups in total. The number of hydrogen-bond acceptors (Lipinski definition) is 4. The highest BCUT2D eigenvalue weighted by Crippen LogP contribution is 2.24. The maximum atomic E-state index is 12.5. The van der Waals surface area contributed by atoms with Crippen LogP contribution in [-0.2, 0) is 0 Å². The van der Waals surface area contributed by atoms with Crippen LogP contribution in [0, 0.1) is 0 Å². The SMILES string of the molecule is CCOc1cc(OCC)cc(C(=O)Nc2cn3ccccc3n2)c1. The summed E-state index contributed by atoms with van der Waals surface area (Å²) in [6, 6.07) is 10.8. The number of fused-ring (bicyclic) bond motifs is 1. The van der Waals surface area contributed by atoms with E-state index in [1.807, 2.05) is 42.6 Å². The van der Waals surface area contributed by atoms with E-state index in [4.69, 9.17) is 9.47 Å². The molecule has 124 valence electrons. The molecule has 24 heavy (non-hydrogen) atoms. The zero-order valence-corrected chi connectivity index (χ0v) is 13.7. The Morgan fingerprint density at radius 2 is 1.83 bits per heavy atom. The van der Waals surface area contributed by atoms with Gasteiger partial charge in [-0.25, -0.2) is 4.98 Å². The van der Waals surface area contributed by atoms with Gasteiger partial charge in [-0.1, -0.05) is 6.07 Å². The Hall–Kier alpha value is -3.02. The van der Waals surface area contributed by atoms with Crippen molar-refractivity contribution in [3.63, 3.8) is 0 Å². The van der Waals surface area contributed by atoms with Crippen LogP contribution in [0.15, 0.2) is 48.8 Å². The van der Waals surface area contributed by atoms with Crippen molar-refractivity contribution < 1.29 is 14.3 Å². The van der Waals surface area contributed by atoms with Crippen LogP contribution in [0.25, 0.3) is 5.65 Å². The summed E-state index contributed by atoms with van der Waals surface area (Å²) in [6.07, 6.45) is 3.64. The Balaban J connectivity index is 1.85. The Bertz CT molecular complexity index is 800. The largest absolute Gasteiger partial charge is 0.494 e. The van der Waals surface area contributed by atoms with Gasteiger partial charge in [0.1, 0.15) is 17.1 Å². The lowest BCUT2D eigenvalue weighted by Gasteiger charge is -2.10. The van der Waals surface area contributed by atoms with Gasteiger partial charge in [-0.2, -0.15) is 0 Å². The van der Waals surface area contributed by atoms with E-state index < -0.39 is 0 Å². The van der Waals surface area contributed by atoms with Crippen molar-refractivity contribution in [1.82, 2.24) is 9.38 Å². The lowest BCUT2D eigenvalue weighted by Crippen LogP contribution is -2.12. The maximum Gasteiger partial charge on any atom is 0.257 e. The highest BCUT2D eigenvalue weighted by molar-refractivity contribution is 6.04. The van der Waals surface area contributed by atoms with Gasteiger partial charge in [-0.05, 0) is 38.1 Å². The lowest BCUT2D eigenvalue weighted by atomic mass is 10.2. The average molecular weight is 325 g/mol. The number of pyridine rings is 1. The second kappa shape index (κ2) is 7.04. The van der Waals surface area contributed by atoms with Crippen LogP contribution in [-0.4, -0.2) is 28.5 Å². The van der Waals surface area contributed by atoms with Crippen molar-refractivity contribution in [3.05, 3.63) is 54.4 Å². The second-order valence-corrected chi connectivity index (χ2v) is 5.11. The predicted octanol–water partition coefficient (Wildman–Crippen LogP) is 3.38. The molecule has 0 saturated carbocycles. The first-order chi connectivity index (χ1) is 11.7. The van der Waals surface area contributed by atoms with Crippen LogP contribution in [0.5, 0.6) is 11.5 Å². The van der Waals surface area contributed by atoms with Gasteiger partial charge in [0, 0.05) is 17.8 Å². The molecule has 1 amide bonds. The number of carbonyl (C=O) groups is 1. The molecule has 0 fully saturated rings. The van der Waals surface area contributed by atoms with Crippen LogP contribution >= 0.6 is 0 Å². The number of rotatable bonds is 6. The normalized spacial score (nSPS) is 10.6. The number of nitrogens with one attached hydrogen (secondary N) is 1. The Labute approximate surface area is 140 Å². The van der Waals surface area contributed by atoms with Crippen molar-refractivity contribution in [3.8, 4) is 11.5 Å². The fourth-order valence-corrected chi connectivity index (χ4v) is 2.39. The van der Waals surface area contributed by atoms with E-state index in [0.717, 1.165) is 5.65 Å². The van der Waals surface area contributed by atoms with E-state index >= 15 is 0 Å². The summed E-state index contributed by atoms with van der Waals surface area (Å²) in [5.74, 6) is 1.43. The van der Waals surface area contributed by atoms with Crippen LogP contribution in [0.1, 0.15) is 24.2 Å². The van der Waals surface area contributed by atoms with Crippen LogP contribution in [0.3, 0.4) is 0 Å². The molecular weight excluding hydrogens is 306 g/mol. The number of benzene rings is 1. The molecule has 2 aromatic heterocycles. The van der Waals surface area contributed by atoms with Crippen molar-refractivity contribution >= 4 is 17.4 Å². The van der Waals surface area contributed by atoms with Crippen molar-refractivity contribution in [2.75, 3.05) is 18.5 Å². The van der Waals surface area contributed by atoms with Gasteiger partial charge < -0.3 is 19.2 Å². The lowest BCUT2D eigenvalue weighted by molar-refractivity contribution is 0.102. The summed E-state index contributed by atoms with van der Waals surface area (Å²) in [5.41, 5.74) is 1.23. The number of imidazole rings is 1. The molecule has 0 aliphatic heterocycles. The van der Waals surface area contributed by atoms with E-state index in [1.165, 1.54) is 0 Å². The third-order valence-corrected chi connectivity index (χ3v) is 3.37. The van der Waals surface area contributed by atoms with Gasteiger partial charge in [0.15, 0.2) is 5.82 Å². The van der Waals surface area contributed by atoms with Crippen LogP contribution in [0.4, 0.5) is 5.82 Å². The smallest absolute Gasteiger partial charge is 0.257 e. The Morgan fingerprint density at radius 3 is 2.46 bits per heavy atom. The Morgan fingerprint density at radius 1 is 1.12 bits per heavy atom. The van der Waals surface area contributed by atoms with E-state index in [0.29, 0.717) is 36.1 Å². The fraction of sp³-hybridized carbons (Fsp3) is 0.222. The molecule has 6 heteroatoms. The number of carbonyl (C=O) groups excluding carboxylic acids is 1. The van der Waals surface area contributed by atoms with Crippen LogP contribution in [0.2, 0.25) is 0 Å². The fourth-order valence-electron chi connectivity index (χ4n) is 2.39. The first-order valence-electron chi connectivity index (χ1n) is 7.85. The summed E-state index contributed by atoms with van der Waals surface area (Å²) in [6.45, 7) is 4.82. The summed E-state index contributed by atoms with van der Waals surface area (Å²) >= 11 is 0. The molecule has 0 spiro atoms. The molecule has 6 nitrogen and oxygen atoms in total. The zero-order chi connectivity index (χ0) is 16.9.